The average molecular weight is 190 g/mol. The van der Waals surface area contributed by atoms with E-state index in [0.717, 1.165) is 6.08 Å². The number of fused-ring (bicyclic) bond motifs is 1. The van der Waals surface area contributed by atoms with Crippen molar-refractivity contribution in [2.45, 2.75) is 0 Å². The van der Waals surface area contributed by atoms with Crippen LogP contribution < -0.4 is 4.74 Å². The first kappa shape index (κ1) is 8.50. The Hall–Kier alpha value is -2.10. The van der Waals surface area contributed by atoms with Crippen LogP contribution in [0.3, 0.4) is 0 Å². The van der Waals surface area contributed by atoms with Gasteiger partial charge in [0.2, 0.25) is 0 Å². The van der Waals surface area contributed by atoms with E-state index in [4.69, 9.17) is 9.84 Å². The molecule has 1 N–H and O–H groups in total. The second-order valence-corrected chi connectivity index (χ2v) is 2.78. The summed E-state index contributed by atoms with van der Waals surface area (Å²) in [5, 5.41) is 8.53. The largest absolute Gasteiger partial charge is 0.478 e. The third kappa shape index (κ3) is 1.26. The average Bonchev–Trinajstić information content (AvgIpc) is 2.43. The summed E-state index contributed by atoms with van der Waals surface area (Å²) in [6.45, 7) is 0. The lowest BCUT2D eigenvalue weighted by Gasteiger charge is -1.92. The molecule has 0 aliphatic carbocycles. The van der Waals surface area contributed by atoms with Crippen LogP contribution >= 0.6 is 0 Å². The lowest BCUT2D eigenvalue weighted by atomic mass is 10.1. The zero-order valence-corrected chi connectivity index (χ0v) is 7.06. The highest BCUT2D eigenvalue weighted by Crippen LogP contribution is 2.33. The van der Waals surface area contributed by atoms with Crippen molar-refractivity contribution in [1.82, 2.24) is 0 Å². The highest BCUT2D eigenvalue weighted by Gasteiger charge is 2.26. The highest BCUT2D eigenvalue weighted by molar-refractivity contribution is 6.24. The lowest BCUT2D eigenvalue weighted by Crippen LogP contribution is -2.02. The minimum Gasteiger partial charge on any atom is -0.478 e. The topological polar surface area (TPSA) is 63.6 Å². The number of benzene rings is 1. The maximum Gasteiger partial charge on any atom is 0.344 e. The fourth-order valence-electron chi connectivity index (χ4n) is 1.30. The van der Waals surface area contributed by atoms with Crippen LogP contribution in [0.1, 0.15) is 5.56 Å². The van der Waals surface area contributed by atoms with Crippen LogP contribution in [0.25, 0.3) is 5.57 Å². The molecule has 0 unspecified atom stereocenters. The van der Waals surface area contributed by atoms with Crippen LogP contribution in [0.15, 0.2) is 30.3 Å². The summed E-state index contributed by atoms with van der Waals surface area (Å²) < 4.78 is 4.85. The van der Waals surface area contributed by atoms with E-state index in [9.17, 15) is 9.59 Å². The molecule has 4 nitrogen and oxygen atoms in total. The van der Waals surface area contributed by atoms with Gasteiger partial charge in [-0.2, -0.15) is 0 Å². The molecule has 0 aromatic heterocycles. The van der Waals surface area contributed by atoms with Crippen molar-refractivity contribution in [1.29, 1.82) is 0 Å². The van der Waals surface area contributed by atoms with E-state index in [1.807, 2.05) is 0 Å². The van der Waals surface area contributed by atoms with Crippen molar-refractivity contribution >= 4 is 17.5 Å². The minimum atomic E-state index is -1.16. The van der Waals surface area contributed by atoms with Crippen LogP contribution in [0.5, 0.6) is 5.75 Å². The molecule has 70 valence electrons. The normalized spacial score (nSPS) is 16.6. The molecule has 4 heteroatoms. The van der Waals surface area contributed by atoms with E-state index in [1.54, 1.807) is 24.3 Å². The van der Waals surface area contributed by atoms with E-state index in [-0.39, 0.29) is 5.57 Å². The molecule has 14 heavy (non-hydrogen) atoms. The molecule has 0 spiro atoms. The van der Waals surface area contributed by atoms with Gasteiger partial charge in [0.05, 0.1) is 5.57 Å². The third-order valence-electron chi connectivity index (χ3n) is 1.87. The molecule has 1 heterocycles. The number of carbonyl (C=O) groups excluding carboxylic acids is 1. The minimum absolute atomic E-state index is 0.0908. The zero-order chi connectivity index (χ0) is 10.1. The number of para-hydroxylation sites is 1. The fraction of sp³-hybridized carbons (Fsp3) is 0. The molecule has 0 bridgehead atoms. The van der Waals surface area contributed by atoms with E-state index >= 15 is 0 Å². The number of esters is 1. The molecule has 0 fully saturated rings. The van der Waals surface area contributed by atoms with E-state index in [1.165, 1.54) is 0 Å². The summed E-state index contributed by atoms with van der Waals surface area (Å²) in [5.74, 6) is -1.37. The Morgan fingerprint density at radius 3 is 2.79 bits per heavy atom. The summed E-state index contributed by atoms with van der Waals surface area (Å²) in [4.78, 5) is 21.6. The Balaban J connectivity index is 2.55. The molecule has 0 atom stereocenters. The number of hydrogen-bond donors (Lipinski definition) is 1. The quantitative estimate of drug-likeness (QED) is 0.408. The lowest BCUT2D eigenvalue weighted by molar-refractivity contribution is -0.132. The molecule has 1 aliphatic rings. The van der Waals surface area contributed by atoms with Crippen molar-refractivity contribution in [3.8, 4) is 5.75 Å². The Kier molecular flexibility index (Phi) is 1.81. The van der Waals surface area contributed by atoms with Gasteiger partial charge in [-0.25, -0.2) is 9.59 Å². The summed E-state index contributed by atoms with van der Waals surface area (Å²) in [7, 11) is 0. The van der Waals surface area contributed by atoms with Crippen LogP contribution in [0.2, 0.25) is 0 Å². The van der Waals surface area contributed by atoms with Gasteiger partial charge in [-0.15, -0.1) is 0 Å². The maximum atomic E-state index is 11.2. The first-order valence-electron chi connectivity index (χ1n) is 3.94. The Bertz CT molecular complexity index is 445. The zero-order valence-electron chi connectivity index (χ0n) is 7.06. The van der Waals surface area contributed by atoms with Gasteiger partial charge in [-0.3, -0.25) is 0 Å². The monoisotopic (exact) mass is 190 g/mol. The first-order chi connectivity index (χ1) is 6.68. The van der Waals surface area contributed by atoms with Crippen molar-refractivity contribution in [3.63, 3.8) is 0 Å². The Morgan fingerprint density at radius 2 is 2.07 bits per heavy atom. The van der Waals surface area contributed by atoms with E-state index < -0.39 is 11.9 Å². The fourth-order valence-corrected chi connectivity index (χ4v) is 1.30. The standard InChI is InChI=1S/C10H6O4/c11-9(12)5-7-6-3-1-2-4-8(6)14-10(7)13/h1-5H,(H,11,12). The number of hydrogen-bond acceptors (Lipinski definition) is 3. The Labute approximate surface area is 79.4 Å². The molecule has 0 amide bonds. The summed E-state index contributed by atoms with van der Waals surface area (Å²) in [6, 6.07) is 6.71. The van der Waals surface area contributed by atoms with Gasteiger partial charge in [0.15, 0.2) is 0 Å². The van der Waals surface area contributed by atoms with Crippen LogP contribution in [0.4, 0.5) is 0 Å². The summed E-state index contributed by atoms with van der Waals surface area (Å²) in [6.07, 6.45) is 0.855. The smallest absolute Gasteiger partial charge is 0.344 e. The SMILES string of the molecule is O=C(O)C=C1C(=O)Oc2ccccc21. The molecule has 1 aliphatic heterocycles. The molecular weight excluding hydrogens is 184 g/mol. The third-order valence-corrected chi connectivity index (χ3v) is 1.87. The predicted molar refractivity (Wildman–Crippen MR) is 47.7 cm³/mol. The van der Waals surface area contributed by atoms with Crippen LogP contribution in [-0.2, 0) is 9.59 Å². The van der Waals surface area contributed by atoms with Crippen molar-refractivity contribution in [3.05, 3.63) is 35.9 Å². The molecule has 0 saturated heterocycles. The van der Waals surface area contributed by atoms with Gasteiger partial charge in [0, 0.05) is 11.6 Å². The molecule has 0 saturated carbocycles. The Morgan fingerprint density at radius 1 is 1.36 bits per heavy atom. The predicted octanol–water partition coefficient (Wildman–Crippen LogP) is 1.07. The molecule has 1 aromatic carbocycles. The van der Waals surface area contributed by atoms with Crippen LogP contribution in [-0.4, -0.2) is 17.0 Å². The summed E-state index contributed by atoms with van der Waals surface area (Å²) >= 11 is 0. The molecule has 1 aromatic rings. The van der Waals surface area contributed by atoms with Gasteiger partial charge in [0.1, 0.15) is 5.75 Å². The van der Waals surface area contributed by atoms with Crippen LogP contribution in [0, 0.1) is 0 Å². The molecule has 2 rings (SSSR count). The maximum absolute atomic E-state index is 11.2. The number of aliphatic carboxylic acids is 1. The van der Waals surface area contributed by atoms with Gasteiger partial charge >= 0.3 is 11.9 Å². The van der Waals surface area contributed by atoms with Crippen molar-refractivity contribution in [2.75, 3.05) is 0 Å². The molecular formula is C10H6O4. The molecule has 0 radical (unpaired) electrons. The van der Waals surface area contributed by atoms with Gasteiger partial charge in [-0.05, 0) is 6.07 Å². The van der Waals surface area contributed by atoms with Crippen molar-refractivity contribution in [2.24, 2.45) is 0 Å². The van der Waals surface area contributed by atoms with Gasteiger partial charge < -0.3 is 9.84 Å². The van der Waals surface area contributed by atoms with Crippen molar-refractivity contribution < 1.29 is 19.4 Å². The van der Waals surface area contributed by atoms with E-state index in [2.05, 4.69) is 0 Å². The number of carboxylic acids is 1. The van der Waals surface area contributed by atoms with E-state index in [0.29, 0.717) is 11.3 Å². The second-order valence-electron chi connectivity index (χ2n) is 2.78. The first-order valence-corrected chi connectivity index (χ1v) is 3.94. The summed E-state index contributed by atoms with van der Waals surface area (Å²) in [5.41, 5.74) is 0.619. The number of carbonyl (C=O) groups is 2. The van der Waals surface area contributed by atoms with Gasteiger partial charge in [-0.1, -0.05) is 18.2 Å². The number of ether oxygens (including phenoxy) is 1. The second kappa shape index (κ2) is 2.99. The van der Waals surface area contributed by atoms with Gasteiger partial charge in [0.25, 0.3) is 0 Å². The number of rotatable bonds is 1. The number of carboxylic acid groups (broad SMARTS) is 1. The highest BCUT2D eigenvalue weighted by atomic mass is 16.5.